The third-order valence-electron chi connectivity index (χ3n) is 5.05. The number of methoxy groups -OCH3 is 1. The molecule has 2 aromatic heterocycles. The minimum atomic E-state index is -4.79. The van der Waals surface area contributed by atoms with E-state index in [1.54, 1.807) is 36.4 Å². The molecule has 0 saturated heterocycles. The number of carbonyl (C=O) groups excluding carboxylic acids is 1. The molecule has 0 saturated carbocycles. The Kier molecular flexibility index (Phi) is 5.20. The summed E-state index contributed by atoms with van der Waals surface area (Å²) in [6.45, 7) is 0.0490. The topological polar surface area (TPSA) is 87.0 Å². The fraction of sp³-hybridized carbons (Fsp3) is 0.136. The maximum atomic E-state index is 13.9. The average molecular weight is 491 g/mol. The van der Waals surface area contributed by atoms with E-state index < -0.39 is 23.5 Å². The Balaban J connectivity index is 1.57. The van der Waals surface area contributed by atoms with Crippen LogP contribution < -0.4 is 19.5 Å². The summed E-state index contributed by atoms with van der Waals surface area (Å²) in [6, 6.07) is 11.8. The molecule has 0 bridgehead atoms. The number of nitrogens with one attached hydrogen (secondary N) is 1. The summed E-state index contributed by atoms with van der Waals surface area (Å²) >= 11 is 6.30. The Bertz CT molecular complexity index is 1420. The van der Waals surface area contributed by atoms with Gasteiger partial charge < -0.3 is 19.5 Å². The monoisotopic (exact) mass is 490 g/mol. The van der Waals surface area contributed by atoms with Gasteiger partial charge in [-0.3, -0.25) is 4.79 Å². The number of anilines is 1. The number of alkyl halides is 3. The number of hydrogen-bond acceptors (Lipinski definition) is 6. The fourth-order valence-electron chi connectivity index (χ4n) is 3.41. The number of rotatable bonds is 4. The van der Waals surface area contributed by atoms with Crippen molar-refractivity contribution in [1.82, 2.24) is 14.6 Å². The van der Waals surface area contributed by atoms with Crippen LogP contribution in [0.25, 0.3) is 16.9 Å². The van der Waals surface area contributed by atoms with Crippen molar-refractivity contribution in [2.45, 2.75) is 6.18 Å². The molecule has 3 heterocycles. The van der Waals surface area contributed by atoms with Crippen LogP contribution in [0.1, 0.15) is 16.2 Å². The van der Waals surface area contributed by atoms with Crippen LogP contribution in [-0.4, -0.2) is 34.4 Å². The zero-order chi connectivity index (χ0) is 24.0. The van der Waals surface area contributed by atoms with Crippen LogP contribution in [-0.2, 0) is 6.18 Å². The van der Waals surface area contributed by atoms with Gasteiger partial charge in [0.2, 0.25) is 6.79 Å². The molecule has 8 nitrogen and oxygen atoms in total. The van der Waals surface area contributed by atoms with Crippen molar-refractivity contribution in [3.63, 3.8) is 0 Å². The summed E-state index contributed by atoms with van der Waals surface area (Å²) in [5, 5.41) is 6.05. The minimum Gasteiger partial charge on any atom is -0.497 e. The molecule has 0 fully saturated rings. The van der Waals surface area contributed by atoms with E-state index in [-0.39, 0.29) is 23.2 Å². The minimum absolute atomic E-state index is 0.00649. The molecular weight excluding hydrogens is 477 g/mol. The lowest BCUT2D eigenvalue weighted by molar-refractivity contribution is -0.142. The summed E-state index contributed by atoms with van der Waals surface area (Å²) in [5.41, 5.74) is -1.12. The van der Waals surface area contributed by atoms with E-state index in [0.29, 0.717) is 33.0 Å². The molecule has 5 rings (SSSR count). The summed E-state index contributed by atoms with van der Waals surface area (Å²) < 4.78 is 57.7. The zero-order valence-electron chi connectivity index (χ0n) is 17.3. The molecule has 0 radical (unpaired) electrons. The van der Waals surface area contributed by atoms with Crippen molar-refractivity contribution in [3.05, 3.63) is 64.9 Å². The molecule has 174 valence electrons. The first-order valence-electron chi connectivity index (χ1n) is 9.76. The first-order chi connectivity index (χ1) is 16.2. The third kappa shape index (κ3) is 3.83. The number of amides is 1. The quantitative estimate of drug-likeness (QED) is 0.430. The lowest BCUT2D eigenvalue weighted by Gasteiger charge is -2.11. The third-order valence-corrected chi connectivity index (χ3v) is 5.40. The lowest BCUT2D eigenvalue weighted by Crippen LogP contribution is -2.15. The van der Waals surface area contributed by atoms with Gasteiger partial charge in [0, 0.05) is 17.3 Å². The summed E-state index contributed by atoms with van der Waals surface area (Å²) in [7, 11) is 1.48. The first kappa shape index (κ1) is 21.8. The maximum absolute atomic E-state index is 13.9. The van der Waals surface area contributed by atoms with Crippen molar-refractivity contribution >= 4 is 28.8 Å². The predicted molar refractivity (Wildman–Crippen MR) is 116 cm³/mol. The fourth-order valence-corrected chi connectivity index (χ4v) is 3.66. The number of benzene rings is 2. The number of carbonyl (C=O) groups is 1. The van der Waals surface area contributed by atoms with Crippen LogP contribution in [0.2, 0.25) is 5.02 Å². The largest absolute Gasteiger partial charge is 0.497 e. The van der Waals surface area contributed by atoms with Crippen LogP contribution >= 0.6 is 11.6 Å². The van der Waals surface area contributed by atoms with E-state index in [1.807, 2.05) is 0 Å². The summed E-state index contributed by atoms with van der Waals surface area (Å²) in [4.78, 5) is 17.1. The SMILES string of the molecule is COc1ccc(-c2cc(C(F)(F)F)n3nc(C(=O)Nc4ccc5c(c4)OCO5)c(Cl)c3n2)cc1. The molecule has 34 heavy (non-hydrogen) atoms. The summed E-state index contributed by atoms with van der Waals surface area (Å²) in [6.07, 6.45) is -4.79. The Morgan fingerprint density at radius 3 is 2.56 bits per heavy atom. The molecule has 1 N–H and O–H groups in total. The normalized spacial score (nSPS) is 12.7. The van der Waals surface area contributed by atoms with Gasteiger partial charge in [-0.25, -0.2) is 9.50 Å². The van der Waals surface area contributed by atoms with E-state index in [1.165, 1.54) is 13.2 Å². The van der Waals surface area contributed by atoms with Gasteiger partial charge >= 0.3 is 6.18 Å². The number of ether oxygens (including phenoxy) is 3. The highest BCUT2D eigenvalue weighted by Gasteiger charge is 2.36. The summed E-state index contributed by atoms with van der Waals surface area (Å²) in [5.74, 6) is 0.650. The van der Waals surface area contributed by atoms with E-state index in [0.717, 1.165) is 6.07 Å². The number of fused-ring (bicyclic) bond motifs is 2. The van der Waals surface area contributed by atoms with Crippen LogP contribution in [0.15, 0.2) is 48.5 Å². The van der Waals surface area contributed by atoms with Crippen molar-refractivity contribution in [1.29, 1.82) is 0 Å². The van der Waals surface area contributed by atoms with E-state index in [9.17, 15) is 18.0 Å². The smallest absolute Gasteiger partial charge is 0.433 e. The molecule has 0 aliphatic carbocycles. The van der Waals surface area contributed by atoms with Crippen LogP contribution in [0.3, 0.4) is 0 Å². The molecule has 0 unspecified atom stereocenters. The van der Waals surface area contributed by atoms with Crippen LogP contribution in [0, 0.1) is 0 Å². The molecular formula is C22H14ClF3N4O4. The van der Waals surface area contributed by atoms with Crippen molar-refractivity contribution in [2.75, 3.05) is 19.2 Å². The Labute approximate surface area is 194 Å². The van der Waals surface area contributed by atoms with Gasteiger partial charge in [-0.05, 0) is 42.5 Å². The molecule has 1 aliphatic rings. The zero-order valence-corrected chi connectivity index (χ0v) is 18.1. The molecule has 12 heteroatoms. The Hall–Kier alpha value is -3.99. The molecule has 1 amide bonds. The van der Waals surface area contributed by atoms with Gasteiger partial charge in [-0.2, -0.15) is 18.3 Å². The van der Waals surface area contributed by atoms with E-state index in [2.05, 4.69) is 15.4 Å². The van der Waals surface area contributed by atoms with E-state index >= 15 is 0 Å². The van der Waals surface area contributed by atoms with Gasteiger partial charge in [0.25, 0.3) is 5.91 Å². The van der Waals surface area contributed by atoms with Crippen molar-refractivity contribution in [3.8, 4) is 28.5 Å². The maximum Gasteiger partial charge on any atom is 0.433 e. The molecule has 2 aromatic carbocycles. The second-order valence-corrected chi connectivity index (χ2v) is 7.55. The van der Waals surface area contributed by atoms with Gasteiger partial charge in [0.15, 0.2) is 28.5 Å². The van der Waals surface area contributed by atoms with Crippen molar-refractivity contribution < 1.29 is 32.2 Å². The number of nitrogens with zero attached hydrogens (tertiary/aromatic N) is 3. The number of hydrogen-bond donors (Lipinski definition) is 1. The second kappa shape index (κ2) is 8.10. The van der Waals surface area contributed by atoms with Crippen molar-refractivity contribution in [2.24, 2.45) is 0 Å². The Morgan fingerprint density at radius 2 is 1.85 bits per heavy atom. The number of halogens is 4. The molecule has 0 atom stereocenters. The molecule has 1 aliphatic heterocycles. The van der Waals surface area contributed by atoms with Gasteiger partial charge in [0.1, 0.15) is 10.8 Å². The molecule has 0 spiro atoms. The highest BCUT2D eigenvalue weighted by Crippen LogP contribution is 2.36. The Morgan fingerprint density at radius 1 is 1.12 bits per heavy atom. The average Bonchev–Trinajstić information content (AvgIpc) is 3.42. The van der Waals surface area contributed by atoms with Crippen LogP contribution in [0.5, 0.6) is 17.2 Å². The highest BCUT2D eigenvalue weighted by atomic mass is 35.5. The molecule has 4 aromatic rings. The van der Waals surface area contributed by atoms with Gasteiger partial charge in [0.05, 0.1) is 12.8 Å². The van der Waals surface area contributed by atoms with Gasteiger partial charge in [-0.15, -0.1) is 0 Å². The van der Waals surface area contributed by atoms with Crippen LogP contribution in [0.4, 0.5) is 18.9 Å². The van der Waals surface area contributed by atoms with E-state index in [4.69, 9.17) is 25.8 Å². The van der Waals surface area contributed by atoms with Gasteiger partial charge in [-0.1, -0.05) is 11.6 Å². The standard InChI is InChI=1S/C22H14ClF3N4O4/c1-32-13-5-2-11(3-6-13)14-9-17(22(24,25)26)30-20(28-14)18(23)19(29-30)21(31)27-12-4-7-15-16(8-12)34-10-33-15/h2-9H,10H2,1H3,(H,27,31). The number of aromatic nitrogens is 3. The predicted octanol–water partition coefficient (Wildman–Crippen LogP) is 5.06. The second-order valence-electron chi connectivity index (χ2n) is 7.17. The first-order valence-corrected chi connectivity index (χ1v) is 10.1. The highest BCUT2D eigenvalue weighted by molar-refractivity contribution is 6.37. The lowest BCUT2D eigenvalue weighted by atomic mass is 10.1.